The maximum Gasteiger partial charge on any atom is 0.137 e. The predicted octanol–water partition coefficient (Wildman–Crippen LogP) is 4.05. The van der Waals surface area contributed by atoms with Crippen LogP contribution in [0.15, 0.2) is 18.5 Å². The van der Waals surface area contributed by atoms with Gasteiger partial charge >= 0.3 is 0 Å². The summed E-state index contributed by atoms with van der Waals surface area (Å²) in [6, 6.07) is 2.46. The van der Waals surface area contributed by atoms with Crippen LogP contribution in [-0.4, -0.2) is 29.1 Å². The largest absolute Gasteiger partial charge is 0.492 e. The smallest absolute Gasteiger partial charge is 0.137 e. The molecule has 2 unspecified atom stereocenters. The quantitative estimate of drug-likeness (QED) is 0.706. The minimum Gasteiger partial charge on any atom is -0.492 e. The van der Waals surface area contributed by atoms with E-state index in [0.717, 1.165) is 24.5 Å². The molecule has 0 spiro atoms. The van der Waals surface area contributed by atoms with Crippen LogP contribution < -0.4 is 10.1 Å². The Morgan fingerprint density at radius 3 is 2.75 bits per heavy atom. The molecule has 0 aliphatic rings. The van der Waals surface area contributed by atoms with E-state index in [4.69, 9.17) is 4.74 Å². The van der Waals surface area contributed by atoms with Crippen molar-refractivity contribution in [1.82, 2.24) is 10.3 Å². The molecule has 114 valence electrons. The second kappa shape index (κ2) is 10.1. The number of nitrogens with one attached hydrogen (secondary N) is 1. The first-order valence-electron chi connectivity index (χ1n) is 7.63. The predicted molar refractivity (Wildman–Crippen MR) is 88.7 cm³/mol. The Balaban J connectivity index is 2.72. The molecule has 3 nitrogen and oxygen atoms in total. The van der Waals surface area contributed by atoms with Crippen molar-refractivity contribution in [3.63, 3.8) is 0 Å². The van der Waals surface area contributed by atoms with E-state index >= 15 is 0 Å². The van der Waals surface area contributed by atoms with Crippen LogP contribution in [-0.2, 0) is 0 Å². The van der Waals surface area contributed by atoms with Crippen molar-refractivity contribution in [1.29, 1.82) is 0 Å². The van der Waals surface area contributed by atoms with Gasteiger partial charge in [-0.05, 0) is 37.9 Å². The standard InChI is InChI=1S/C16H28N2OS/c1-5-8-18-16(12-20-13(4)6-2)14-9-15(19-7-3)11-17-10-14/h9-11,13,16,18H,5-8,12H2,1-4H3. The average Bonchev–Trinajstić information content (AvgIpc) is 2.47. The van der Waals surface area contributed by atoms with Gasteiger partial charge in [0.05, 0.1) is 12.8 Å². The summed E-state index contributed by atoms with van der Waals surface area (Å²) in [7, 11) is 0. The lowest BCUT2D eigenvalue weighted by atomic mass is 10.1. The van der Waals surface area contributed by atoms with Crippen LogP contribution in [0, 0.1) is 0 Å². The Morgan fingerprint density at radius 2 is 2.10 bits per heavy atom. The fourth-order valence-corrected chi connectivity index (χ4v) is 2.91. The third kappa shape index (κ3) is 6.14. The van der Waals surface area contributed by atoms with E-state index < -0.39 is 0 Å². The molecule has 2 atom stereocenters. The van der Waals surface area contributed by atoms with Crippen molar-refractivity contribution < 1.29 is 4.74 Å². The van der Waals surface area contributed by atoms with Gasteiger partial charge < -0.3 is 10.1 Å². The topological polar surface area (TPSA) is 34.2 Å². The minimum atomic E-state index is 0.349. The lowest BCUT2D eigenvalue weighted by Gasteiger charge is -2.20. The van der Waals surface area contributed by atoms with E-state index in [-0.39, 0.29) is 0 Å². The summed E-state index contributed by atoms with van der Waals surface area (Å²) in [6.07, 6.45) is 6.09. The summed E-state index contributed by atoms with van der Waals surface area (Å²) in [5, 5.41) is 4.32. The van der Waals surface area contributed by atoms with Crippen molar-refractivity contribution in [2.75, 3.05) is 18.9 Å². The fourth-order valence-electron chi connectivity index (χ4n) is 1.84. The van der Waals surface area contributed by atoms with Crippen LogP contribution in [0.5, 0.6) is 5.75 Å². The maximum absolute atomic E-state index is 5.55. The molecule has 0 saturated heterocycles. The van der Waals surface area contributed by atoms with Crippen molar-refractivity contribution in [2.24, 2.45) is 0 Å². The summed E-state index contributed by atoms with van der Waals surface area (Å²) in [6.45, 7) is 10.4. The van der Waals surface area contributed by atoms with Crippen LogP contribution in [0.25, 0.3) is 0 Å². The molecule has 0 aromatic carbocycles. The normalized spacial score (nSPS) is 14.0. The summed E-state index contributed by atoms with van der Waals surface area (Å²) in [5.41, 5.74) is 1.22. The minimum absolute atomic E-state index is 0.349. The first-order chi connectivity index (χ1) is 9.71. The highest BCUT2D eigenvalue weighted by Crippen LogP contribution is 2.24. The number of hydrogen-bond acceptors (Lipinski definition) is 4. The molecule has 4 heteroatoms. The zero-order chi connectivity index (χ0) is 14.8. The molecular formula is C16H28N2OS. The van der Waals surface area contributed by atoms with E-state index in [1.165, 1.54) is 12.0 Å². The van der Waals surface area contributed by atoms with Crippen LogP contribution in [0.1, 0.15) is 52.1 Å². The summed E-state index contributed by atoms with van der Waals surface area (Å²) in [5.74, 6) is 1.94. The van der Waals surface area contributed by atoms with Gasteiger partial charge in [0.15, 0.2) is 0 Å². The highest BCUT2D eigenvalue weighted by atomic mass is 32.2. The van der Waals surface area contributed by atoms with E-state index in [9.17, 15) is 0 Å². The molecular weight excluding hydrogens is 268 g/mol. The molecule has 0 aliphatic carbocycles. The average molecular weight is 296 g/mol. The Hall–Kier alpha value is -0.740. The number of nitrogens with zero attached hydrogens (tertiary/aromatic N) is 1. The monoisotopic (exact) mass is 296 g/mol. The zero-order valence-electron chi connectivity index (χ0n) is 13.2. The molecule has 0 aliphatic heterocycles. The number of thioether (sulfide) groups is 1. The van der Waals surface area contributed by atoms with Crippen molar-refractivity contribution >= 4 is 11.8 Å². The third-order valence-corrected chi connectivity index (χ3v) is 4.64. The molecule has 1 aromatic rings. The first kappa shape index (κ1) is 17.3. The highest BCUT2D eigenvalue weighted by Gasteiger charge is 2.13. The fraction of sp³-hybridized carbons (Fsp3) is 0.688. The van der Waals surface area contributed by atoms with Gasteiger partial charge in [-0.2, -0.15) is 11.8 Å². The number of ether oxygens (including phenoxy) is 1. The SMILES string of the molecule is CCCNC(CSC(C)CC)c1cncc(OCC)c1. The van der Waals surface area contributed by atoms with Crippen LogP contribution in [0.2, 0.25) is 0 Å². The Kier molecular flexibility index (Phi) is 8.70. The molecule has 0 fully saturated rings. The van der Waals surface area contributed by atoms with E-state index in [1.807, 2.05) is 24.9 Å². The lowest BCUT2D eigenvalue weighted by Crippen LogP contribution is -2.25. The third-order valence-electron chi connectivity index (χ3n) is 3.21. The Morgan fingerprint density at radius 1 is 1.30 bits per heavy atom. The van der Waals surface area contributed by atoms with Gasteiger partial charge in [0.1, 0.15) is 5.75 Å². The van der Waals surface area contributed by atoms with Crippen molar-refractivity contribution in [3.05, 3.63) is 24.0 Å². The van der Waals surface area contributed by atoms with Crippen LogP contribution in [0.3, 0.4) is 0 Å². The van der Waals surface area contributed by atoms with E-state index in [1.54, 1.807) is 6.20 Å². The van der Waals surface area contributed by atoms with Gasteiger partial charge in [0.2, 0.25) is 0 Å². The first-order valence-corrected chi connectivity index (χ1v) is 8.68. The van der Waals surface area contributed by atoms with Crippen LogP contribution >= 0.6 is 11.8 Å². The molecule has 1 rings (SSSR count). The second-order valence-electron chi connectivity index (χ2n) is 4.95. The van der Waals surface area contributed by atoms with Crippen LogP contribution in [0.4, 0.5) is 0 Å². The van der Waals surface area contributed by atoms with Crippen molar-refractivity contribution in [3.8, 4) is 5.75 Å². The maximum atomic E-state index is 5.55. The van der Waals surface area contributed by atoms with Gasteiger partial charge in [0.25, 0.3) is 0 Å². The Bertz CT molecular complexity index is 373. The molecule has 0 amide bonds. The van der Waals surface area contributed by atoms with Gasteiger partial charge in [-0.15, -0.1) is 0 Å². The van der Waals surface area contributed by atoms with Gasteiger partial charge in [0, 0.05) is 23.2 Å². The lowest BCUT2D eigenvalue weighted by molar-refractivity contribution is 0.338. The zero-order valence-corrected chi connectivity index (χ0v) is 14.0. The molecule has 1 aromatic heterocycles. The summed E-state index contributed by atoms with van der Waals surface area (Å²) >= 11 is 2.02. The van der Waals surface area contributed by atoms with Gasteiger partial charge in [-0.25, -0.2) is 0 Å². The molecule has 0 saturated carbocycles. The van der Waals surface area contributed by atoms with E-state index in [2.05, 4.69) is 37.1 Å². The molecule has 1 heterocycles. The number of hydrogen-bond donors (Lipinski definition) is 1. The summed E-state index contributed by atoms with van der Waals surface area (Å²) in [4.78, 5) is 4.31. The highest BCUT2D eigenvalue weighted by molar-refractivity contribution is 7.99. The van der Waals surface area contributed by atoms with Gasteiger partial charge in [-0.3, -0.25) is 4.98 Å². The molecule has 20 heavy (non-hydrogen) atoms. The van der Waals surface area contributed by atoms with Crippen molar-refractivity contribution in [2.45, 2.75) is 51.8 Å². The molecule has 1 N–H and O–H groups in total. The van der Waals surface area contributed by atoms with E-state index in [0.29, 0.717) is 17.9 Å². The number of pyridine rings is 1. The molecule has 0 bridgehead atoms. The summed E-state index contributed by atoms with van der Waals surface area (Å²) < 4.78 is 5.55. The molecule has 0 radical (unpaired) electrons. The second-order valence-corrected chi connectivity index (χ2v) is 6.42. The van der Waals surface area contributed by atoms with Gasteiger partial charge in [-0.1, -0.05) is 20.8 Å². The number of rotatable bonds is 10. The number of aromatic nitrogens is 1. The Labute approximate surface area is 127 Å².